The van der Waals surface area contributed by atoms with Crippen LogP contribution in [0.3, 0.4) is 0 Å². The number of ether oxygens (including phenoxy) is 1. The third-order valence-corrected chi connectivity index (χ3v) is 3.97. The lowest BCUT2D eigenvalue weighted by molar-refractivity contribution is 0.0526. The molecular formula is C13H18N2O2S. The second-order valence-corrected chi connectivity index (χ2v) is 5.25. The molecule has 1 aromatic rings. The molecule has 1 atom stereocenters. The molecule has 0 unspecified atom stereocenters. The van der Waals surface area contributed by atoms with E-state index in [1.807, 2.05) is 5.38 Å². The summed E-state index contributed by atoms with van der Waals surface area (Å²) in [6.07, 6.45) is 2.38. The molecule has 1 fully saturated rings. The summed E-state index contributed by atoms with van der Waals surface area (Å²) in [5, 5.41) is 2.28. The topological polar surface area (TPSA) is 42.4 Å². The van der Waals surface area contributed by atoms with Crippen LogP contribution in [0.15, 0.2) is 12.0 Å². The predicted octanol–water partition coefficient (Wildman–Crippen LogP) is 2.77. The third-order valence-electron chi connectivity index (χ3n) is 3.15. The van der Waals surface area contributed by atoms with Gasteiger partial charge in [-0.2, -0.15) is 0 Å². The Kier molecular flexibility index (Phi) is 4.01. The molecule has 0 N–H and O–H groups in total. The molecule has 0 amide bonds. The normalized spacial score (nSPS) is 19.0. The lowest BCUT2D eigenvalue weighted by Gasteiger charge is -2.24. The van der Waals surface area contributed by atoms with Gasteiger partial charge in [-0.05, 0) is 26.7 Å². The van der Waals surface area contributed by atoms with Crippen LogP contribution < -0.4 is 0 Å². The molecule has 0 bridgehead atoms. The zero-order valence-corrected chi connectivity index (χ0v) is 11.6. The summed E-state index contributed by atoms with van der Waals surface area (Å²) >= 11 is 1.31. The van der Waals surface area contributed by atoms with E-state index in [-0.39, 0.29) is 5.97 Å². The first kappa shape index (κ1) is 13.1. The van der Waals surface area contributed by atoms with Gasteiger partial charge in [-0.3, -0.25) is 0 Å². The predicted molar refractivity (Wildman–Crippen MR) is 72.5 cm³/mol. The molecule has 0 aromatic carbocycles. The van der Waals surface area contributed by atoms with Crippen LogP contribution in [-0.2, 0) is 4.74 Å². The first-order valence-electron chi connectivity index (χ1n) is 6.22. The number of aromatic nitrogens is 1. The number of rotatable bonds is 4. The lowest BCUT2D eigenvalue weighted by Crippen LogP contribution is -2.24. The number of nitrogens with zero attached hydrogens (tertiary/aromatic N) is 2. The van der Waals surface area contributed by atoms with Gasteiger partial charge in [0.25, 0.3) is 0 Å². The van der Waals surface area contributed by atoms with Gasteiger partial charge in [-0.25, -0.2) is 9.78 Å². The van der Waals surface area contributed by atoms with Crippen LogP contribution in [0, 0.1) is 0 Å². The van der Waals surface area contributed by atoms with Crippen LogP contribution in [0.4, 0.5) is 0 Å². The van der Waals surface area contributed by atoms with Crippen LogP contribution in [0.1, 0.15) is 42.2 Å². The van der Waals surface area contributed by atoms with Crippen molar-refractivity contribution in [3.63, 3.8) is 0 Å². The summed E-state index contributed by atoms with van der Waals surface area (Å²) in [6.45, 7) is 9.47. The maximum absolute atomic E-state index is 11.5. The highest BCUT2D eigenvalue weighted by Gasteiger charge is 2.24. The summed E-state index contributed by atoms with van der Waals surface area (Å²) in [5.41, 5.74) is 1.70. The average molecular weight is 266 g/mol. The van der Waals surface area contributed by atoms with Crippen LogP contribution in [0.25, 0.3) is 5.70 Å². The second-order valence-electron chi connectivity index (χ2n) is 4.39. The molecule has 4 nitrogen and oxygen atoms in total. The molecule has 1 aliphatic heterocycles. The van der Waals surface area contributed by atoms with Gasteiger partial charge < -0.3 is 9.64 Å². The maximum atomic E-state index is 11.5. The molecule has 5 heteroatoms. The minimum Gasteiger partial charge on any atom is -0.461 e. The van der Waals surface area contributed by atoms with E-state index in [1.165, 1.54) is 24.2 Å². The molecule has 1 aromatic heterocycles. The summed E-state index contributed by atoms with van der Waals surface area (Å²) in [5.74, 6) is -0.351. The van der Waals surface area contributed by atoms with Gasteiger partial charge in [-0.1, -0.05) is 6.58 Å². The highest BCUT2D eigenvalue weighted by Crippen LogP contribution is 2.27. The van der Waals surface area contributed by atoms with Crippen molar-refractivity contribution in [3.05, 3.63) is 22.7 Å². The summed E-state index contributed by atoms with van der Waals surface area (Å²) < 4.78 is 4.93. The Morgan fingerprint density at radius 3 is 3.11 bits per heavy atom. The monoisotopic (exact) mass is 266 g/mol. The molecule has 2 rings (SSSR count). The molecule has 0 spiro atoms. The van der Waals surface area contributed by atoms with E-state index >= 15 is 0 Å². The Labute approximate surface area is 111 Å². The third kappa shape index (κ3) is 2.56. The van der Waals surface area contributed by atoms with E-state index in [1.54, 1.807) is 6.92 Å². The Morgan fingerprint density at radius 1 is 1.72 bits per heavy atom. The number of carbonyl (C=O) groups excluding carboxylic acids is 1. The van der Waals surface area contributed by atoms with Crippen molar-refractivity contribution in [3.8, 4) is 0 Å². The fourth-order valence-corrected chi connectivity index (χ4v) is 2.89. The zero-order chi connectivity index (χ0) is 13.1. The largest absolute Gasteiger partial charge is 0.461 e. The van der Waals surface area contributed by atoms with Crippen molar-refractivity contribution in [2.24, 2.45) is 0 Å². The first-order valence-corrected chi connectivity index (χ1v) is 7.10. The molecule has 18 heavy (non-hydrogen) atoms. The maximum Gasteiger partial charge on any atom is 0.367 e. The Bertz CT molecular complexity index is 456. The first-order chi connectivity index (χ1) is 8.63. The minimum absolute atomic E-state index is 0.351. The van der Waals surface area contributed by atoms with Crippen molar-refractivity contribution in [2.75, 3.05) is 13.2 Å². The quantitative estimate of drug-likeness (QED) is 0.786. The van der Waals surface area contributed by atoms with E-state index < -0.39 is 0 Å². The summed E-state index contributed by atoms with van der Waals surface area (Å²) in [4.78, 5) is 18.1. The Balaban J connectivity index is 2.10. The zero-order valence-electron chi connectivity index (χ0n) is 10.8. The fourth-order valence-electron chi connectivity index (χ4n) is 2.17. The molecular weight excluding hydrogens is 248 g/mol. The SMILES string of the molecule is C=C(c1csc(C(=O)OCC)n1)N1CCC[C@@H]1C. The van der Waals surface area contributed by atoms with E-state index in [0.717, 1.165) is 17.9 Å². The van der Waals surface area contributed by atoms with Crippen molar-refractivity contribution >= 4 is 23.0 Å². The molecule has 2 heterocycles. The number of hydrogen-bond acceptors (Lipinski definition) is 5. The van der Waals surface area contributed by atoms with Crippen molar-refractivity contribution in [1.29, 1.82) is 0 Å². The van der Waals surface area contributed by atoms with Gasteiger partial charge in [0, 0.05) is 18.0 Å². The average Bonchev–Trinajstić information content (AvgIpc) is 2.97. The van der Waals surface area contributed by atoms with Gasteiger partial charge in [0.1, 0.15) is 0 Å². The summed E-state index contributed by atoms with van der Waals surface area (Å²) in [7, 11) is 0. The molecule has 1 aliphatic rings. The van der Waals surface area contributed by atoms with Crippen molar-refractivity contribution in [2.45, 2.75) is 32.7 Å². The highest BCUT2D eigenvalue weighted by molar-refractivity contribution is 7.11. The van der Waals surface area contributed by atoms with E-state index in [9.17, 15) is 4.79 Å². The standard InChI is InChI=1S/C13H18N2O2S/c1-4-17-13(16)12-14-11(8-18-12)10(3)15-7-5-6-9(15)2/h8-9H,3-7H2,1-2H3/t9-/m0/s1. The fraction of sp³-hybridized carbons (Fsp3) is 0.538. The highest BCUT2D eigenvalue weighted by atomic mass is 32.1. The second kappa shape index (κ2) is 5.52. The number of esters is 1. The minimum atomic E-state index is -0.351. The van der Waals surface area contributed by atoms with Crippen LogP contribution in [0.5, 0.6) is 0 Å². The Morgan fingerprint density at radius 2 is 2.50 bits per heavy atom. The van der Waals surface area contributed by atoms with Crippen LogP contribution in [-0.4, -0.2) is 35.0 Å². The number of thiazole rings is 1. The van der Waals surface area contributed by atoms with Crippen LogP contribution >= 0.6 is 11.3 Å². The molecule has 0 saturated carbocycles. The lowest BCUT2D eigenvalue weighted by atomic mass is 10.2. The molecule has 1 saturated heterocycles. The van der Waals surface area contributed by atoms with Gasteiger partial charge in [-0.15, -0.1) is 11.3 Å². The smallest absolute Gasteiger partial charge is 0.367 e. The Hall–Kier alpha value is -1.36. The molecule has 0 aliphatic carbocycles. The van der Waals surface area contributed by atoms with Gasteiger partial charge in [0.05, 0.1) is 18.0 Å². The van der Waals surface area contributed by atoms with E-state index in [4.69, 9.17) is 4.74 Å². The van der Waals surface area contributed by atoms with Crippen LogP contribution in [0.2, 0.25) is 0 Å². The number of likely N-dealkylation sites (tertiary alicyclic amines) is 1. The van der Waals surface area contributed by atoms with Gasteiger partial charge >= 0.3 is 5.97 Å². The van der Waals surface area contributed by atoms with Gasteiger partial charge in [0.2, 0.25) is 5.01 Å². The van der Waals surface area contributed by atoms with Crippen molar-refractivity contribution in [1.82, 2.24) is 9.88 Å². The summed E-state index contributed by atoms with van der Waals surface area (Å²) in [6, 6.07) is 0.505. The molecule has 0 radical (unpaired) electrons. The van der Waals surface area contributed by atoms with E-state index in [2.05, 4.69) is 23.4 Å². The van der Waals surface area contributed by atoms with E-state index in [0.29, 0.717) is 17.7 Å². The number of hydrogen-bond donors (Lipinski definition) is 0. The van der Waals surface area contributed by atoms with Gasteiger partial charge in [0.15, 0.2) is 0 Å². The molecule has 98 valence electrons. The number of carbonyl (C=O) groups is 1. The van der Waals surface area contributed by atoms with Crippen molar-refractivity contribution < 1.29 is 9.53 Å².